The third-order valence-electron chi connectivity index (χ3n) is 11.6. The number of sulfonamides is 1. The molecule has 15 heteroatoms. The molecular weight excluding hydrogens is 811 g/mol. The summed E-state index contributed by atoms with van der Waals surface area (Å²) in [4.78, 5) is 31.7. The summed E-state index contributed by atoms with van der Waals surface area (Å²) in [5.74, 6) is -0.561. The van der Waals surface area contributed by atoms with Crippen LogP contribution in [0.2, 0.25) is 10.0 Å². The molecule has 59 heavy (non-hydrogen) atoms. The van der Waals surface area contributed by atoms with Crippen LogP contribution in [0.1, 0.15) is 61.9 Å². The van der Waals surface area contributed by atoms with Crippen LogP contribution in [0.15, 0.2) is 95.4 Å². The van der Waals surface area contributed by atoms with E-state index >= 15 is 0 Å². The Morgan fingerprint density at radius 1 is 0.915 bits per heavy atom. The SMILES string of the molecule is CN1CCC(Nc2ccc(S(=O)(=O)NC(=O)c3ccc(N4CCN(CC5=C(c6ccc(Cl)cc6)CC(C)(C)CC5)CC4)cc3Oc3ccccc3Cl)cc2[N+](=O)[O-])CC1. The first kappa shape index (κ1) is 42.5. The number of hydrogen-bond acceptors (Lipinski definition) is 10. The number of hydrogen-bond donors (Lipinski definition) is 2. The zero-order valence-corrected chi connectivity index (χ0v) is 35.9. The number of allylic oxidation sites excluding steroid dienone is 1. The Bertz CT molecular complexity index is 2340. The largest absolute Gasteiger partial charge is 0.455 e. The van der Waals surface area contributed by atoms with E-state index in [9.17, 15) is 23.3 Å². The number of nitro benzene ring substituents is 1. The van der Waals surface area contributed by atoms with Gasteiger partial charge in [-0.1, -0.05) is 66.9 Å². The zero-order valence-electron chi connectivity index (χ0n) is 33.5. The number of nitro groups is 1. The molecule has 312 valence electrons. The molecule has 0 unspecified atom stereocenters. The number of amides is 1. The van der Waals surface area contributed by atoms with Crippen molar-refractivity contribution in [2.24, 2.45) is 5.41 Å². The number of carbonyl (C=O) groups excluding carboxylic acids is 1. The van der Waals surface area contributed by atoms with Gasteiger partial charge in [0.25, 0.3) is 21.6 Å². The van der Waals surface area contributed by atoms with Crippen LogP contribution in [0.5, 0.6) is 11.5 Å². The highest BCUT2D eigenvalue weighted by Gasteiger charge is 2.31. The number of likely N-dealkylation sites (tertiary alicyclic amines) is 1. The second kappa shape index (κ2) is 17.9. The van der Waals surface area contributed by atoms with Crippen LogP contribution in [-0.2, 0) is 10.0 Å². The minimum atomic E-state index is -4.54. The molecule has 4 aromatic rings. The molecule has 2 fully saturated rings. The fraction of sp³-hybridized carbons (Fsp3) is 0.386. The Labute approximate surface area is 356 Å². The molecule has 0 radical (unpaired) electrons. The van der Waals surface area contributed by atoms with Gasteiger partial charge < -0.3 is 19.9 Å². The van der Waals surface area contributed by atoms with Crippen molar-refractivity contribution in [2.45, 2.75) is 56.9 Å². The monoisotopic (exact) mass is 860 g/mol. The molecule has 0 saturated carbocycles. The Balaban J connectivity index is 1.08. The van der Waals surface area contributed by atoms with Gasteiger partial charge in [0, 0.05) is 61.6 Å². The van der Waals surface area contributed by atoms with E-state index in [1.165, 1.54) is 34.9 Å². The number of carbonyl (C=O) groups is 1. The number of benzene rings is 4. The highest BCUT2D eigenvalue weighted by atomic mass is 35.5. The summed E-state index contributed by atoms with van der Waals surface area (Å²) in [5, 5.41) is 16.3. The van der Waals surface area contributed by atoms with Crippen molar-refractivity contribution in [3.8, 4) is 11.5 Å². The number of ether oxygens (including phenoxy) is 1. The number of nitrogens with zero attached hydrogens (tertiary/aromatic N) is 4. The van der Waals surface area contributed by atoms with Crippen molar-refractivity contribution >= 4 is 61.8 Å². The number of nitrogens with one attached hydrogen (secondary N) is 2. The summed E-state index contributed by atoms with van der Waals surface area (Å²) in [7, 11) is -2.52. The predicted molar refractivity (Wildman–Crippen MR) is 235 cm³/mol. The summed E-state index contributed by atoms with van der Waals surface area (Å²) in [6, 6.07) is 23.6. The molecule has 0 bridgehead atoms. The van der Waals surface area contributed by atoms with Crippen molar-refractivity contribution in [1.82, 2.24) is 14.5 Å². The number of anilines is 2. The Kier molecular flexibility index (Phi) is 12.9. The highest BCUT2D eigenvalue weighted by Crippen LogP contribution is 2.43. The van der Waals surface area contributed by atoms with Crippen LogP contribution in [0.4, 0.5) is 17.1 Å². The van der Waals surface area contributed by atoms with Gasteiger partial charge in [-0.25, -0.2) is 13.1 Å². The van der Waals surface area contributed by atoms with Crippen molar-refractivity contribution < 1.29 is 22.9 Å². The number of para-hydroxylation sites is 1. The molecule has 0 atom stereocenters. The first-order chi connectivity index (χ1) is 28.1. The lowest BCUT2D eigenvalue weighted by molar-refractivity contribution is -0.384. The normalized spacial score (nSPS) is 18.1. The molecule has 2 aliphatic heterocycles. The summed E-state index contributed by atoms with van der Waals surface area (Å²) >= 11 is 12.7. The van der Waals surface area contributed by atoms with E-state index in [0.717, 1.165) is 94.7 Å². The van der Waals surface area contributed by atoms with Crippen LogP contribution < -0.4 is 19.7 Å². The topological polar surface area (TPSA) is 137 Å². The van der Waals surface area contributed by atoms with Gasteiger partial charge in [0.1, 0.15) is 17.2 Å². The second-order valence-corrected chi connectivity index (χ2v) is 19.0. The molecule has 1 amide bonds. The first-order valence-corrected chi connectivity index (χ1v) is 22.2. The van der Waals surface area contributed by atoms with Gasteiger partial charge in [0.15, 0.2) is 0 Å². The minimum absolute atomic E-state index is 0.0106. The summed E-state index contributed by atoms with van der Waals surface area (Å²) in [6.45, 7) is 10.3. The lowest BCUT2D eigenvalue weighted by Gasteiger charge is -2.39. The molecular formula is C44H50Cl2N6O6S. The number of halogens is 2. The maximum atomic E-state index is 13.8. The van der Waals surface area contributed by atoms with Gasteiger partial charge in [-0.2, -0.15) is 0 Å². The molecule has 2 heterocycles. The summed E-state index contributed by atoms with van der Waals surface area (Å²) < 4.78 is 35.6. The second-order valence-electron chi connectivity index (χ2n) is 16.5. The van der Waals surface area contributed by atoms with E-state index in [1.807, 2.05) is 19.2 Å². The van der Waals surface area contributed by atoms with Gasteiger partial charge in [0.2, 0.25) is 0 Å². The van der Waals surface area contributed by atoms with Crippen molar-refractivity contribution in [2.75, 3.05) is 63.1 Å². The van der Waals surface area contributed by atoms with Crippen LogP contribution in [-0.4, -0.2) is 88.0 Å². The smallest absolute Gasteiger partial charge is 0.293 e. The fourth-order valence-electron chi connectivity index (χ4n) is 8.08. The molecule has 2 N–H and O–H groups in total. The van der Waals surface area contributed by atoms with Crippen LogP contribution in [0.3, 0.4) is 0 Å². The molecule has 3 aliphatic rings. The minimum Gasteiger partial charge on any atom is -0.455 e. The van der Waals surface area contributed by atoms with E-state index < -0.39 is 31.4 Å². The van der Waals surface area contributed by atoms with Crippen LogP contribution in [0.25, 0.3) is 5.57 Å². The van der Waals surface area contributed by atoms with E-state index in [2.05, 4.69) is 50.7 Å². The van der Waals surface area contributed by atoms with Crippen molar-refractivity contribution in [3.05, 3.63) is 122 Å². The number of piperazine rings is 1. The van der Waals surface area contributed by atoms with E-state index in [-0.39, 0.29) is 34.2 Å². The zero-order chi connectivity index (χ0) is 41.9. The van der Waals surface area contributed by atoms with Crippen molar-refractivity contribution in [3.63, 3.8) is 0 Å². The van der Waals surface area contributed by atoms with Crippen LogP contribution >= 0.6 is 23.2 Å². The van der Waals surface area contributed by atoms with Gasteiger partial charge in [-0.15, -0.1) is 0 Å². The standard InChI is InChI=1S/C44H50Cl2N6O6S/c1-44(2)19-16-31(37(28-44)30-8-10-32(45)11-9-30)29-50-22-24-51(25-23-50)34-12-14-36(42(26-34)58-41-7-5-4-6-38(41)46)43(53)48-59(56,57)35-13-15-39(40(27-35)52(54)55)47-33-17-20-49(3)21-18-33/h4-15,26-27,33,47H,16-25,28-29H2,1-3H3,(H,48,53). The molecule has 4 aromatic carbocycles. The van der Waals surface area contributed by atoms with E-state index in [1.54, 1.807) is 36.4 Å². The average molecular weight is 862 g/mol. The predicted octanol–water partition coefficient (Wildman–Crippen LogP) is 9.10. The van der Waals surface area contributed by atoms with Gasteiger partial charge in [-0.3, -0.25) is 19.8 Å². The van der Waals surface area contributed by atoms with E-state index in [0.29, 0.717) is 5.02 Å². The molecule has 1 aliphatic carbocycles. The van der Waals surface area contributed by atoms with Crippen LogP contribution in [0, 0.1) is 15.5 Å². The average Bonchev–Trinajstić information content (AvgIpc) is 3.20. The Hall–Kier alpha value is -4.66. The lowest BCUT2D eigenvalue weighted by atomic mass is 9.72. The van der Waals surface area contributed by atoms with Gasteiger partial charge in [0.05, 0.1) is 20.4 Å². The third kappa shape index (κ3) is 10.4. The van der Waals surface area contributed by atoms with Gasteiger partial charge in [-0.05, 0) is 117 Å². The quantitative estimate of drug-likeness (QED) is 0.105. The molecule has 2 saturated heterocycles. The van der Waals surface area contributed by atoms with Crippen molar-refractivity contribution in [1.29, 1.82) is 0 Å². The molecule has 12 nitrogen and oxygen atoms in total. The number of piperidine rings is 1. The third-order valence-corrected chi connectivity index (χ3v) is 13.5. The summed E-state index contributed by atoms with van der Waals surface area (Å²) in [5.41, 5.74) is 4.91. The lowest BCUT2D eigenvalue weighted by Crippen LogP contribution is -2.47. The Morgan fingerprint density at radius 2 is 1.63 bits per heavy atom. The molecule has 0 spiro atoms. The number of rotatable bonds is 12. The fourth-order valence-corrected chi connectivity index (χ4v) is 9.37. The van der Waals surface area contributed by atoms with E-state index in [4.69, 9.17) is 27.9 Å². The molecule has 7 rings (SSSR count). The highest BCUT2D eigenvalue weighted by molar-refractivity contribution is 7.90. The first-order valence-electron chi connectivity index (χ1n) is 20.0. The molecule has 0 aromatic heterocycles. The Morgan fingerprint density at radius 3 is 2.32 bits per heavy atom. The maximum absolute atomic E-state index is 13.8. The maximum Gasteiger partial charge on any atom is 0.293 e. The summed E-state index contributed by atoms with van der Waals surface area (Å²) in [6.07, 6.45) is 4.78. The van der Waals surface area contributed by atoms with Gasteiger partial charge >= 0.3 is 0 Å².